The van der Waals surface area contributed by atoms with Gasteiger partial charge in [0.25, 0.3) is 0 Å². The number of hydrogen-bond acceptors (Lipinski definition) is 2. The monoisotopic (exact) mass is 262 g/mol. The summed E-state index contributed by atoms with van der Waals surface area (Å²) in [5, 5.41) is 14.1. The van der Waals surface area contributed by atoms with Crippen molar-refractivity contribution in [2.75, 3.05) is 6.54 Å². The summed E-state index contributed by atoms with van der Waals surface area (Å²) in [7, 11) is 0. The van der Waals surface area contributed by atoms with Gasteiger partial charge in [-0.1, -0.05) is 36.4 Å². The van der Waals surface area contributed by atoms with Crippen LogP contribution in [0.3, 0.4) is 0 Å². The van der Waals surface area contributed by atoms with E-state index in [0.717, 1.165) is 5.56 Å². The molecule has 0 aliphatic heterocycles. The number of carbonyl (C=O) groups is 2. The minimum absolute atomic E-state index is 0.00129. The lowest BCUT2D eigenvalue weighted by molar-refractivity contribution is -0.137. The van der Waals surface area contributed by atoms with Crippen molar-refractivity contribution in [3.63, 3.8) is 0 Å². The SMILES string of the molecule is C=CCNC(=O)NC(CCC(=O)O)c1ccccc1. The number of carboxylic acids is 1. The number of carboxylic acid groups (broad SMARTS) is 1. The van der Waals surface area contributed by atoms with Crippen molar-refractivity contribution in [2.45, 2.75) is 18.9 Å². The lowest BCUT2D eigenvalue weighted by atomic mass is 10.0. The maximum absolute atomic E-state index is 11.6. The summed E-state index contributed by atoms with van der Waals surface area (Å²) in [5.74, 6) is -0.880. The van der Waals surface area contributed by atoms with E-state index in [4.69, 9.17) is 5.11 Å². The van der Waals surface area contributed by atoms with Crippen LogP contribution in [0.1, 0.15) is 24.4 Å². The normalized spacial score (nSPS) is 11.4. The van der Waals surface area contributed by atoms with Crippen molar-refractivity contribution in [2.24, 2.45) is 0 Å². The van der Waals surface area contributed by atoms with Crippen molar-refractivity contribution >= 4 is 12.0 Å². The quantitative estimate of drug-likeness (QED) is 0.658. The predicted molar refractivity (Wildman–Crippen MR) is 72.8 cm³/mol. The van der Waals surface area contributed by atoms with Gasteiger partial charge in [0.2, 0.25) is 0 Å². The first-order valence-corrected chi connectivity index (χ1v) is 6.05. The third kappa shape index (κ3) is 5.72. The summed E-state index contributed by atoms with van der Waals surface area (Å²) in [6.45, 7) is 3.88. The molecule has 0 aliphatic rings. The first-order chi connectivity index (χ1) is 9.13. The van der Waals surface area contributed by atoms with E-state index in [1.807, 2.05) is 30.3 Å². The average molecular weight is 262 g/mol. The molecule has 0 heterocycles. The molecule has 1 aromatic rings. The molecule has 5 nitrogen and oxygen atoms in total. The first-order valence-electron chi connectivity index (χ1n) is 6.05. The number of rotatable bonds is 7. The standard InChI is InChI=1S/C14H18N2O3/c1-2-10-15-14(19)16-12(8-9-13(17)18)11-6-4-3-5-7-11/h2-7,12H,1,8-10H2,(H,17,18)(H2,15,16,19). The summed E-state index contributed by atoms with van der Waals surface area (Å²) in [5.41, 5.74) is 0.887. The van der Waals surface area contributed by atoms with Crippen LogP contribution in [-0.4, -0.2) is 23.7 Å². The number of hydrogen-bond donors (Lipinski definition) is 3. The molecule has 1 rings (SSSR count). The maximum Gasteiger partial charge on any atom is 0.315 e. The summed E-state index contributed by atoms with van der Waals surface area (Å²) in [6, 6.07) is 8.65. The molecule has 0 aliphatic carbocycles. The molecular formula is C14H18N2O3. The van der Waals surface area contributed by atoms with Crippen LogP contribution in [-0.2, 0) is 4.79 Å². The molecule has 1 atom stereocenters. The Hall–Kier alpha value is -2.30. The van der Waals surface area contributed by atoms with Gasteiger partial charge in [0.05, 0.1) is 6.04 Å². The molecule has 1 aromatic carbocycles. The zero-order valence-corrected chi connectivity index (χ0v) is 10.6. The van der Waals surface area contributed by atoms with Gasteiger partial charge in [-0.25, -0.2) is 4.79 Å². The first kappa shape index (κ1) is 14.8. The Balaban J connectivity index is 2.66. The summed E-state index contributed by atoms with van der Waals surface area (Å²) < 4.78 is 0. The topological polar surface area (TPSA) is 78.4 Å². The van der Waals surface area contributed by atoms with Crippen LogP contribution in [0.5, 0.6) is 0 Å². The van der Waals surface area contributed by atoms with Crippen LogP contribution in [0.2, 0.25) is 0 Å². The van der Waals surface area contributed by atoms with E-state index in [-0.39, 0.29) is 18.5 Å². The Morgan fingerprint density at radius 1 is 1.32 bits per heavy atom. The van der Waals surface area contributed by atoms with Crippen molar-refractivity contribution in [3.8, 4) is 0 Å². The Morgan fingerprint density at radius 2 is 2.00 bits per heavy atom. The van der Waals surface area contributed by atoms with E-state index in [1.165, 1.54) is 0 Å². The zero-order valence-electron chi connectivity index (χ0n) is 10.6. The average Bonchev–Trinajstić information content (AvgIpc) is 2.42. The van der Waals surface area contributed by atoms with E-state index in [2.05, 4.69) is 17.2 Å². The smallest absolute Gasteiger partial charge is 0.315 e. The largest absolute Gasteiger partial charge is 0.481 e. The van der Waals surface area contributed by atoms with Crippen LogP contribution in [0.4, 0.5) is 4.79 Å². The van der Waals surface area contributed by atoms with Gasteiger partial charge in [0, 0.05) is 13.0 Å². The highest BCUT2D eigenvalue weighted by Gasteiger charge is 2.15. The van der Waals surface area contributed by atoms with Crippen molar-refractivity contribution in [1.82, 2.24) is 10.6 Å². The number of benzene rings is 1. The third-order valence-corrected chi connectivity index (χ3v) is 2.56. The molecule has 102 valence electrons. The van der Waals surface area contributed by atoms with Crippen molar-refractivity contribution in [3.05, 3.63) is 48.6 Å². The van der Waals surface area contributed by atoms with Crippen LogP contribution in [0.15, 0.2) is 43.0 Å². The van der Waals surface area contributed by atoms with Gasteiger partial charge in [-0.3, -0.25) is 4.79 Å². The van der Waals surface area contributed by atoms with Gasteiger partial charge in [0.1, 0.15) is 0 Å². The molecular weight excluding hydrogens is 244 g/mol. The number of nitrogens with one attached hydrogen (secondary N) is 2. The van der Waals surface area contributed by atoms with Gasteiger partial charge >= 0.3 is 12.0 Å². The van der Waals surface area contributed by atoms with Crippen LogP contribution in [0.25, 0.3) is 0 Å². The van der Waals surface area contributed by atoms with Gasteiger partial charge in [-0.15, -0.1) is 6.58 Å². The fourth-order valence-electron chi connectivity index (χ4n) is 1.65. The molecule has 0 bridgehead atoms. The summed E-state index contributed by atoms with van der Waals surface area (Å²) in [4.78, 5) is 22.3. The molecule has 19 heavy (non-hydrogen) atoms. The minimum Gasteiger partial charge on any atom is -0.481 e. The van der Waals surface area contributed by atoms with Gasteiger partial charge in [0.15, 0.2) is 0 Å². The zero-order chi connectivity index (χ0) is 14.1. The second kappa shape index (κ2) is 7.92. The molecule has 0 fully saturated rings. The lowest BCUT2D eigenvalue weighted by Gasteiger charge is -2.18. The molecule has 3 N–H and O–H groups in total. The van der Waals surface area contributed by atoms with Gasteiger partial charge in [-0.2, -0.15) is 0 Å². The number of carbonyl (C=O) groups excluding carboxylic acids is 1. The minimum atomic E-state index is -0.880. The second-order valence-electron chi connectivity index (χ2n) is 4.04. The Kier molecular flexibility index (Phi) is 6.15. The highest BCUT2D eigenvalue weighted by molar-refractivity contribution is 5.74. The lowest BCUT2D eigenvalue weighted by Crippen LogP contribution is -2.38. The van der Waals surface area contributed by atoms with E-state index >= 15 is 0 Å². The maximum atomic E-state index is 11.6. The van der Waals surface area contributed by atoms with Crippen molar-refractivity contribution in [1.29, 1.82) is 0 Å². The molecule has 0 spiro atoms. The van der Waals surface area contributed by atoms with Crippen molar-refractivity contribution < 1.29 is 14.7 Å². The van der Waals surface area contributed by atoms with Crippen LogP contribution in [0, 0.1) is 0 Å². The Morgan fingerprint density at radius 3 is 2.58 bits per heavy atom. The predicted octanol–water partition coefficient (Wildman–Crippen LogP) is 2.08. The number of aliphatic carboxylic acids is 1. The molecule has 0 saturated carbocycles. The van der Waals surface area contributed by atoms with E-state index in [0.29, 0.717) is 13.0 Å². The summed E-state index contributed by atoms with van der Waals surface area (Å²) in [6.07, 6.45) is 1.93. The fourth-order valence-corrected chi connectivity index (χ4v) is 1.65. The van der Waals surface area contributed by atoms with E-state index in [9.17, 15) is 9.59 Å². The van der Waals surface area contributed by atoms with Gasteiger partial charge in [-0.05, 0) is 12.0 Å². The van der Waals surface area contributed by atoms with E-state index in [1.54, 1.807) is 6.08 Å². The Bertz CT molecular complexity index is 432. The highest BCUT2D eigenvalue weighted by Crippen LogP contribution is 2.18. The van der Waals surface area contributed by atoms with Crippen LogP contribution < -0.4 is 10.6 Å². The molecule has 1 unspecified atom stereocenters. The molecule has 0 radical (unpaired) electrons. The molecule has 0 saturated heterocycles. The fraction of sp³-hybridized carbons (Fsp3) is 0.286. The number of amides is 2. The molecule has 2 amide bonds. The van der Waals surface area contributed by atoms with Crippen LogP contribution >= 0.6 is 0 Å². The van der Waals surface area contributed by atoms with Gasteiger partial charge < -0.3 is 15.7 Å². The third-order valence-electron chi connectivity index (χ3n) is 2.56. The van der Waals surface area contributed by atoms with E-state index < -0.39 is 5.97 Å². The number of urea groups is 1. The Labute approximate surface area is 112 Å². The highest BCUT2D eigenvalue weighted by atomic mass is 16.4. The molecule has 5 heteroatoms. The summed E-state index contributed by atoms with van der Waals surface area (Å²) >= 11 is 0. The second-order valence-corrected chi connectivity index (χ2v) is 4.04. The molecule has 0 aromatic heterocycles.